The fourth-order valence-electron chi connectivity index (χ4n) is 8.66. The first kappa shape index (κ1) is 21.5. The standard InChI is InChI=1S/C25H42N2O2/c1-17(28)8-6-9-18-10-11-19-23(18,3)21(29)16-20-22(2)12-4-5-13-24(22,26)14-7-15-25(19,20)27/h18-20H,4-16,26-27H2,1-3H3/t18?,19?,20?,22-,23-,24-,25-/m1/s1. The van der Waals surface area contributed by atoms with Gasteiger partial charge in [-0.05, 0) is 87.9 Å². The Morgan fingerprint density at radius 1 is 1.00 bits per heavy atom. The molecule has 0 aromatic carbocycles. The summed E-state index contributed by atoms with van der Waals surface area (Å²) in [6.45, 7) is 6.26. The SMILES string of the molecule is CC(=O)CCCC1CCC2[C@]3(N)CCC[C@]4(N)CCCC[C@]4(C)C3CC(=O)[C@]12C. The zero-order valence-corrected chi connectivity index (χ0v) is 18.9. The van der Waals surface area contributed by atoms with E-state index in [9.17, 15) is 9.59 Å². The number of fused-ring (bicyclic) bond motifs is 5. The second-order valence-electron chi connectivity index (χ2n) is 11.6. The van der Waals surface area contributed by atoms with Crippen LogP contribution in [0.15, 0.2) is 0 Å². The van der Waals surface area contributed by atoms with Gasteiger partial charge in [0.1, 0.15) is 11.6 Å². The molecule has 4 N–H and O–H groups in total. The van der Waals surface area contributed by atoms with Crippen molar-refractivity contribution in [1.29, 1.82) is 0 Å². The van der Waals surface area contributed by atoms with E-state index in [2.05, 4.69) is 13.8 Å². The molecule has 4 saturated carbocycles. The number of carbonyl (C=O) groups excluding carboxylic acids is 2. The van der Waals surface area contributed by atoms with Crippen molar-refractivity contribution < 1.29 is 9.59 Å². The maximum Gasteiger partial charge on any atom is 0.139 e. The van der Waals surface area contributed by atoms with Crippen LogP contribution in [0.25, 0.3) is 0 Å². The first-order valence-electron chi connectivity index (χ1n) is 12.2. The van der Waals surface area contributed by atoms with Gasteiger partial charge in [-0.2, -0.15) is 0 Å². The second-order valence-corrected chi connectivity index (χ2v) is 11.6. The van der Waals surface area contributed by atoms with E-state index >= 15 is 0 Å². The maximum atomic E-state index is 13.8. The Balaban J connectivity index is 1.67. The third kappa shape index (κ3) is 2.99. The summed E-state index contributed by atoms with van der Waals surface area (Å²) in [7, 11) is 0. The van der Waals surface area contributed by atoms with Crippen molar-refractivity contribution in [3.8, 4) is 0 Å². The van der Waals surface area contributed by atoms with Crippen molar-refractivity contribution in [3.63, 3.8) is 0 Å². The van der Waals surface area contributed by atoms with Crippen LogP contribution in [0.3, 0.4) is 0 Å². The van der Waals surface area contributed by atoms with Gasteiger partial charge in [-0.15, -0.1) is 0 Å². The molecule has 4 nitrogen and oxygen atoms in total. The van der Waals surface area contributed by atoms with Gasteiger partial charge < -0.3 is 16.3 Å². The lowest BCUT2D eigenvalue weighted by Crippen LogP contribution is -2.70. The van der Waals surface area contributed by atoms with Gasteiger partial charge in [0.05, 0.1) is 0 Å². The molecule has 0 heterocycles. The summed E-state index contributed by atoms with van der Waals surface area (Å²) < 4.78 is 0. The average molecular weight is 403 g/mol. The van der Waals surface area contributed by atoms with E-state index in [1.165, 1.54) is 12.8 Å². The summed E-state index contributed by atoms with van der Waals surface area (Å²) in [5.41, 5.74) is 13.8. The number of rotatable bonds is 4. The van der Waals surface area contributed by atoms with E-state index in [-0.39, 0.29) is 39.5 Å². The normalized spacial score (nSPS) is 49.7. The van der Waals surface area contributed by atoms with Gasteiger partial charge in [0, 0.05) is 29.3 Å². The van der Waals surface area contributed by atoms with E-state index < -0.39 is 0 Å². The van der Waals surface area contributed by atoms with Gasteiger partial charge in [0.25, 0.3) is 0 Å². The van der Waals surface area contributed by atoms with Crippen molar-refractivity contribution in [2.45, 2.75) is 115 Å². The van der Waals surface area contributed by atoms with E-state index in [0.717, 1.165) is 57.8 Å². The smallest absolute Gasteiger partial charge is 0.139 e. The van der Waals surface area contributed by atoms with Crippen molar-refractivity contribution in [2.24, 2.45) is 40.1 Å². The number of hydrogen-bond acceptors (Lipinski definition) is 4. The lowest BCUT2D eigenvalue weighted by molar-refractivity contribution is -0.152. The van der Waals surface area contributed by atoms with Crippen LogP contribution in [0.1, 0.15) is 104 Å². The minimum atomic E-state index is -0.311. The van der Waals surface area contributed by atoms with Crippen LogP contribution in [-0.4, -0.2) is 22.6 Å². The lowest BCUT2D eigenvalue weighted by Gasteiger charge is -2.62. The summed E-state index contributed by atoms with van der Waals surface area (Å²) >= 11 is 0. The quantitative estimate of drug-likeness (QED) is 0.723. The molecule has 7 atom stereocenters. The maximum absolute atomic E-state index is 13.8. The van der Waals surface area contributed by atoms with Crippen molar-refractivity contribution >= 4 is 11.6 Å². The summed E-state index contributed by atoms with van der Waals surface area (Å²) in [5, 5.41) is 0. The first-order valence-corrected chi connectivity index (χ1v) is 12.2. The second kappa shape index (κ2) is 7.15. The van der Waals surface area contributed by atoms with Gasteiger partial charge in [-0.1, -0.05) is 26.7 Å². The molecule has 0 radical (unpaired) electrons. The Hall–Kier alpha value is -0.740. The predicted octanol–water partition coefficient (Wildman–Crippen LogP) is 4.53. The number of nitrogens with two attached hydrogens (primary N) is 2. The molecular weight excluding hydrogens is 360 g/mol. The van der Waals surface area contributed by atoms with Crippen molar-refractivity contribution in [1.82, 2.24) is 0 Å². The predicted molar refractivity (Wildman–Crippen MR) is 116 cm³/mol. The Labute approximate surface area is 176 Å². The highest BCUT2D eigenvalue weighted by atomic mass is 16.1. The van der Waals surface area contributed by atoms with Crippen LogP contribution in [0.2, 0.25) is 0 Å². The first-order chi connectivity index (χ1) is 13.6. The molecule has 0 aliphatic heterocycles. The van der Waals surface area contributed by atoms with Crippen LogP contribution < -0.4 is 11.5 Å². The number of ketones is 2. The average Bonchev–Trinajstić information content (AvgIpc) is 2.96. The third-order valence-electron chi connectivity index (χ3n) is 10.5. The van der Waals surface area contributed by atoms with Gasteiger partial charge in [-0.3, -0.25) is 4.79 Å². The minimum Gasteiger partial charge on any atom is -0.325 e. The molecule has 0 aromatic heterocycles. The molecule has 29 heavy (non-hydrogen) atoms. The zero-order chi connectivity index (χ0) is 21.1. The summed E-state index contributed by atoms with van der Waals surface area (Å²) in [6, 6.07) is 0. The fourth-order valence-corrected chi connectivity index (χ4v) is 8.66. The minimum absolute atomic E-state index is 0.0276. The fraction of sp³-hybridized carbons (Fsp3) is 0.920. The Morgan fingerprint density at radius 3 is 2.41 bits per heavy atom. The summed E-state index contributed by atoms with van der Waals surface area (Å²) in [4.78, 5) is 25.2. The highest BCUT2D eigenvalue weighted by Gasteiger charge is 2.68. The lowest BCUT2D eigenvalue weighted by atomic mass is 9.45. The Kier molecular flexibility index (Phi) is 5.30. The molecule has 4 aliphatic carbocycles. The Morgan fingerprint density at radius 2 is 1.69 bits per heavy atom. The van der Waals surface area contributed by atoms with Crippen LogP contribution in [-0.2, 0) is 9.59 Å². The molecule has 4 rings (SSSR count). The van der Waals surface area contributed by atoms with Gasteiger partial charge in [0.15, 0.2) is 0 Å². The van der Waals surface area contributed by atoms with Crippen LogP contribution in [0.5, 0.6) is 0 Å². The monoisotopic (exact) mass is 402 g/mol. The van der Waals surface area contributed by atoms with Crippen LogP contribution in [0.4, 0.5) is 0 Å². The molecular formula is C25H42N2O2. The highest BCUT2D eigenvalue weighted by Crippen LogP contribution is 2.66. The van der Waals surface area contributed by atoms with E-state index in [0.29, 0.717) is 24.5 Å². The van der Waals surface area contributed by atoms with Gasteiger partial charge >= 0.3 is 0 Å². The van der Waals surface area contributed by atoms with E-state index in [4.69, 9.17) is 11.5 Å². The number of carbonyl (C=O) groups is 2. The zero-order valence-electron chi connectivity index (χ0n) is 18.9. The largest absolute Gasteiger partial charge is 0.325 e. The number of hydrogen-bond donors (Lipinski definition) is 2. The van der Waals surface area contributed by atoms with Gasteiger partial charge in [-0.25, -0.2) is 0 Å². The molecule has 4 aliphatic rings. The van der Waals surface area contributed by atoms with Crippen molar-refractivity contribution in [2.75, 3.05) is 0 Å². The molecule has 0 spiro atoms. The molecule has 164 valence electrons. The molecule has 0 bridgehead atoms. The highest BCUT2D eigenvalue weighted by molar-refractivity contribution is 5.87. The summed E-state index contributed by atoms with van der Waals surface area (Å²) in [5.74, 6) is 1.55. The van der Waals surface area contributed by atoms with E-state index in [1.54, 1.807) is 6.92 Å². The van der Waals surface area contributed by atoms with E-state index in [1.807, 2.05) is 0 Å². The van der Waals surface area contributed by atoms with Crippen LogP contribution in [0, 0.1) is 28.6 Å². The molecule has 4 heteroatoms. The molecule has 0 amide bonds. The number of Topliss-reactive ketones (excluding diaryl/α,β-unsaturated/α-hetero) is 2. The third-order valence-corrected chi connectivity index (χ3v) is 10.5. The summed E-state index contributed by atoms with van der Waals surface area (Å²) in [6.07, 6.45) is 13.1. The topological polar surface area (TPSA) is 86.2 Å². The molecule has 0 saturated heterocycles. The molecule has 4 fully saturated rings. The van der Waals surface area contributed by atoms with Crippen molar-refractivity contribution in [3.05, 3.63) is 0 Å². The Bertz CT molecular complexity index is 692. The van der Waals surface area contributed by atoms with Gasteiger partial charge in [0.2, 0.25) is 0 Å². The molecule has 3 unspecified atom stereocenters. The molecule has 0 aromatic rings. The van der Waals surface area contributed by atoms with Crippen LogP contribution >= 0.6 is 0 Å².